The first-order valence-corrected chi connectivity index (χ1v) is 9.10. The van der Waals surface area contributed by atoms with E-state index in [2.05, 4.69) is 32.0 Å². The van der Waals surface area contributed by atoms with Gasteiger partial charge in [0.25, 0.3) is 0 Å². The lowest BCUT2D eigenvalue weighted by Gasteiger charge is -2.17. The van der Waals surface area contributed by atoms with Crippen LogP contribution in [0.5, 0.6) is 0 Å². The van der Waals surface area contributed by atoms with Crippen LogP contribution in [0.3, 0.4) is 0 Å². The van der Waals surface area contributed by atoms with Crippen LogP contribution in [0.25, 0.3) is 11.2 Å². The van der Waals surface area contributed by atoms with Crippen molar-refractivity contribution in [2.45, 2.75) is 37.6 Å². The molecule has 0 spiro atoms. The van der Waals surface area contributed by atoms with Gasteiger partial charge in [-0.1, -0.05) is 30.3 Å². The first kappa shape index (κ1) is 18.9. The summed E-state index contributed by atoms with van der Waals surface area (Å²) >= 11 is 0. The van der Waals surface area contributed by atoms with E-state index in [4.69, 9.17) is 4.74 Å². The molecule has 0 unspecified atom stereocenters. The number of aliphatic hydroxyl groups excluding tert-OH is 3. The van der Waals surface area contributed by atoms with Gasteiger partial charge in [-0.15, -0.1) is 0 Å². The highest BCUT2D eigenvalue weighted by Crippen LogP contribution is 2.31. The van der Waals surface area contributed by atoms with Crippen LogP contribution >= 0.6 is 0 Å². The normalized spacial score (nSPS) is 25.0. The predicted octanol–water partition coefficient (Wildman–Crippen LogP) is 0.0698. The van der Waals surface area contributed by atoms with Crippen molar-refractivity contribution in [2.24, 2.45) is 0 Å². The third kappa shape index (κ3) is 3.50. The molecule has 0 radical (unpaired) electrons. The van der Waals surface area contributed by atoms with Crippen LogP contribution in [-0.4, -0.2) is 71.7 Å². The lowest BCUT2D eigenvalue weighted by Crippen LogP contribution is -2.33. The van der Waals surface area contributed by atoms with E-state index in [0.717, 1.165) is 12.2 Å². The minimum absolute atomic E-state index is 0.383. The molecule has 3 N–H and O–H groups in total. The third-order valence-corrected chi connectivity index (χ3v) is 4.94. The fraction of sp³-hybridized carbons (Fsp3) is 0.421. The molecule has 1 aliphatic rings. The second-order valence-electron chi connectivity index (χ2n) is 7.03. The number of hydrogen-bond donors (Lipinski definition) is 3. The topological polar surface area (TPSA) is 117 Å². The molecular weight excluding hydrogens is 362 g/mol. The summed E-state index contributed by atoms with van der Waals surface area (Å²) in [5, 5.41) is 29.6. The van der Waals surface area contributed by atoms with E-state index in [-0.39, 0.29) is 6.61 Å². The summed E-state index contributed by atoms with van der Waals surface area (Å²) in [5.74, 6) is 0. The van der Waals surface area contributed by atoms with Gasteiger partial charge in [-0.2, -0.15) is 0 Å². The van der Waals surface area contributed by atoms with Gasteiger partial charge >= 0.3 is 0 Å². The monoisotopic (exact) mass is 385 g/mol. The van der Waals surface area contributed by atoms with Crippen molar-refractivity contribution in [2.75, 3.05) is 13.7 Å². The van der Waals surface area contributed by atoms with Crippen molar-refractivity contribution < 1.29 is 20.1 Å². The van der Waals surface area contributed by atoms with Gasteiger partial charge in [0.05, 0.1) is 18.6 Å². The van der Waals surface area contributed by atoms with E-state index in [0.29, 0.717) is 17.7 Å². The molecule has 1 fully saturated rings. The number of imidazole rings is 1. The Bertz CT molecular complexity index is 934. The van der Waals surface area contributed by atoms with E-state index in [1.807, 2.05) is 25.2 Å². The molecule has 28 heavy (non-hydrogen) atoms. The largest absolute Gasteiger partial charge is 0.394 e. The molecule has 4 rings (SSSR count). The maximum Gasteiger partial charge on any atom is 0.165 e. The van der Waals surface area contributed by atoms with E-state index in [1.165, 1.54) is 18.2 Å². The first-order valence-electron chi connectivity index (χ1n) is 9.10. The van der Waals surface area contributed by atoms with Crippen molar-refractivity contribution in [3.63, 3.8) is 0 Å². The van der Waals surface area contributed by atoms with Gasteiger partial charge < -0.3 is 20.1 Å². The molecule has 9 heteroatoms. The highest BCUT2D eigenvalue weighted by atomic mass is 16.6. The highest BCUT2D eigenvalue weighted by molar-refractivity contribution is 5.73. The van der Waals surface area contributed by atoms with Crippen LogP contribution in [0.2, 0.25) is 0 Å². The molecule has 0 saturated carbocycles. The Morgan fingerprint density at radius 3 is 2.57 bits per heavy atom. The summed E-state index contributed by atoms with van der Waals surface area (Å²) in [4.78, 5) is 15.2. The van der Waals surface area contributed by atoms with E-state index < -0.39 is 24.5 Å². The molecule has 1 aliphatic heterocycles. The molecule has 148 valence electrons. The van der Waals surface area contributed by atoms with Gasteiger partial charge in [0, 0.05) is 13.1 Å². The maximum atomic E-state index is 10.3. The second-order valence-corrected chi connectivity index (χ2v) is 7.03. The quantitative estimate of drug-likeness (QED) is 0.546. The van der Waals surface area contributed by atoms with Crippen LogP contribution in [0.15, 0.2) is 43.0 Å². The number of ether oxygens (including phenoxy) is 1. The Hall–Kier alpha value is -2.43. The van der Waals surface area contributed by atoms with E-state index in [1.54, 1.807) is 4.57 Å². The predicted molar refractivity (Wildman–Crippen MR) is 99.9 cm³/mol. The van der Waals surface area contributed by atoms with Crippen LogP contribution in [0.4, 0.5) is 0 Å². The number of rotatable bonds is 6. The number of hydrogen-bond acceptors (Lipinski definition) is 8. The number of aliphatic hydroxyl groups is 3. The number of fused-ring (bicyclic) bond motifs is 1. The minimum Gasteiger partial charge on any atom is -0.394 e. The lowest BCUT2D eigenvalue weighted by molar-refractivity contribution is -0.0511. The third-order valence-electron chi connectivity index (χ3n) is 4.94. The summed E-state index contributed by atoms with van der Waals surface area (Å²) in [6.45, 7) is 0.953. The molecule has 1 aromatic carbocycles. The van der Waals surface area contributed by atoms with Crippen LogP contribution < -0.4 is 0 Å². The molecule has 0 amide bonds. The average molecular weight is 385 g/mol. The zero-order chi connectivity index (χ0) is 19.7. The molecule has 0 aliphatic carbocycles. The lowest BCUT2D eigenvalue weighted by atomic mass is 10.1. The molecule has 4 atom stereocenters. The molecule has 3 aromatic rings. The second kappa shape index (κ2) is 7.90. The molecule has 3 heterocycles. The molecule has 0 bridgehead atoms. The summed E-state index contributed by atoms with van der Waals surface area (Å²) in [7, 11) is 2.00. The van der Waals surface area contributed by atoms with E-state index in [9.17, 15) is 15.3 Å². The van der Waals surface area contributed by atoms with Crippen molar-refractivity contribution >= 4 is 11.2 Å². The molecular formula is C19H23N5O4. The smallest absolute Gasteiger partial charge is 0.165 e. The minimum atomic E-state index is -1.19. The van der Waals surface area contributed by atoms with Gasteiger partial charge in [-0.3, -0.25) is 9.47 Å². The Morgan fingerprint density at radius 2 is 1.86 bits per heavy atom. The van der Waals surface area contributed by atoms with Crippen molar-refractivity contribution in [1.29, 1.82) is 0 Å². The highest BCUT2D eigenvalue weighted by Gasteiger charge is 2.44. The Kier molecular flexibility index (Phi) is 5.33. The standard InChI is InChI=1S/C19H23N5O4/c1-23(7-12-5-3-2-4-6-12)8-13-15-18(21-10-20-13)24(11-22-15)19-17(27)16(26)14(9-25)28-19/h2-6,10-11,14,16-17,19,25-27H,7-9H2,1H3/t14-,16-,17-,19-/m1/s1. The summed E-state index contributed by atoms with van der Waals surface area (Å²) in [5.41, 5.74) is 3.08. The molecule has 9 nitrogen and oxygen atoms in total. The zero-order valence-electron chi connectivity index (χ0n) is 15.5. The number of benzene rings is 1. The fourth-order valence-electron chi connectivity index (χ4n) is 3.52. The SMILES string of the molecule is CN(Cc1ccccc1)Cc1ncnc2c1ncn2[C@@H]1O[C@H](CO)[C@@H](O)[C@H]1O. The Balaban J connectivity index is 1.57. The maximum absolute atomic E-state index is 10.3. The van der Waals surface area contributed by atoms with Crippen LogP contribution in [0, 0.1) is 0 Å². The van der Waals surface area contributed by atoms with Gasteiger partial charge in [0.15, 0.2) is 11.9 Å². The molecule has 2 aromatic heterocycles. The Labute approximate surface area is 161 Å². The number of nitrogens with zero attached hydrogens (tertiary/aromatic N) is 5. The van der Waals surface area contributed by atoms with Gasteiger partial charge in [-0.25, -0.2) is 15.0 Å². The zero-order valence-corrected chi connectivity index (χ0v) is 15.5. The van der Waals surface area contributed by atoms with Crippen LogP contribution in [0.1, 0.15) is 17.5 Å². The van der Waals surface area contributed by atoms with Crippen LogP contribution in [-0.2, 0) is 17.8 Å². The summed E-state index contributed by atoms with van der Waals surface area (Å²) < 4.78 is 7.16. The van der Waals surface area contributed by atoms with Crippen molar-refractivity contribution in [3.05, 3.63) is 54.2 Å². The van der Waals surface area contributed by atoms with Gasteiger partial charge in [0.1, 0.15) is 30.2 Å². The van der Waals surface area contributed by atoms with Crippen molar-refractivity contribution in [3.8, 4) is 0 Å². The Morgan fingerprint density at radius 1 is 1.07 bits per heavy atom. The van der Waals surface area contributed by atoms with Gasteiger partial charge in [-0.05, 0) is 12.6 Å². The average Bonchev–Trinajstić information content (AvgIpc) is 3.25. The fourth-order valence-corrected chi connectivity index (χ4v) is 3.52. The number of aromatic nitrogens is 4. The molecule has 1 saturated heterocycles. The first-order chi connectivity index (χ1) is 13.6. The summed E-state index contributed by atoms with van der Waals surface area (Å²) in [6, 6.07) is 10.1. The summed E-state index contributed by atoms with van der Waals surface area (Å²) in [6.07, 6.45) is -1.12. The van der Waals surface area contributed by atoms with Gasteiger partial charge in [0.2, 0.25) is 0 Å². The van der Waals surface area contributed by atoms with E-state index >= 15 is 0 Å². The van der Waals surface area contributed by atoms with Crippen molar-refractivity contribution in [1.82, 2.24) is 24.4 Å².